The van der Waals surface area contributed by atoms with Crippen LogP contribution in [0.1, 0.15) is 6.42 Å². The van der Waals surface area contributed by atoms with Gasteiger partial charge >= 0.3 is 0 Å². The van der Waals surface area contributed by atoms with E-state index < -0.39 is 0 Å². The molecule has 0 aromatic carbocycles. The van der Waals surface area contributed by atoms with Crippen molar-refractivity contribution in [1.29, 1.82) is 0 Å². The molecule has 0 aromatic heterocycles. The zero-order valence-corrected chi connectivity index (χ0v) is 5.05. The highest BCUT2D eigenvalue weighted by molar-refractivity contribution is 5.84. The van der Waals surface area contributed by atoms with E-state index in [9.17, 15) is 0 Å². The Morgan fingerprint density at radius 2 is 2.56 bits per heavy atom. The van der Waals surface area contributed by atoms with E-state index in [1.165, 1.54) is 0 Å². The highest BCUT2D eigenvalue weighted by Gasteiger charge is 2.07. The summed E-state index contributed by atoms with van der Waals surface area (Å²) in [6.45, 7) is 4.07. The molecule has 0 atom stereocenters. The average molecular weight is 127 g/mol. The fourth-order valence-corrected chi connectivity index (χ4v) is 0.562. The van der Waals surface area contributed by atoms with Crippen LogP contribution < -0.4 is 11.1 Å². The third-order valence-corrected chi connectivity index (χ3v) is 0.931. The molecule has 0 bridgehead atoms. The minimum Gasteiger partial charge on any atom is -0.337 e. The van der Waals surface area contributed by atoms with Crippen molar-refractivity contribution in [2.24, 2.45) is 10.9 Å². The van der Waals surface area contributed by atoms with Gasteiger partial charge in [0.15, 0.2) is 5.84 Å². The van der Waals surface area contributed by atoms with Crippen molar-refractivity contribution in [2.45, 2.75) is 6.42 Å². The van der Waals surface area contributed by atoms with E-state index in [2.05, 4.69) is 21.9 Å². The molecule has 0 spiro atoms. The minimum absolute atomic E-state index is 0.471. The van der Waals surface area contributed by atoms with Crippen molar-refractivity contribution in [3.63, 3.8) is 0 Å². The molecule has 0 aromatic rings. The van der Waals surface area contributed by atoms with Gasteiger partial charge < -0.3 is 15.9 Å². The van der Waals surface area contributed by atoms with Gasteiger partial charge in [-0.25, -0.2) is 0 Å². The van der Waals surface area contributed by atoms with Crippen LogP contribution in [0.15, 0.2) is 17.6 Å². The maximum atomic E-state index is 5.25. The molecule has 1 aliphatic heterocycles. The number of nitrogens with two attached hydrogens (primary N) is 1. The first kappa shape index (κ1) is 6.10. The molecule has 4 heteroatoms. The fourth-order valence-electron chi connectivity index (χ4n) is 0.562. The second-order valence-electron chi connectivity index (χ2n) is 1.72. The molecule has 0 aliphatic carbocycles. The molecule has 0 unspecified atom stereocenters. The van der Waals surface area contributed by atoms with Crippen LogP contribution in [-0.4, -0.2) is 12.4 Å². The van der Waals surface area contributed by atoms with E-state index in [4.69, 9.17) is 5.73 Å². The van der Waals surface area contributed by atoms with E-state index in [1.54, 1.807) is 0 Å². The molecule has 1 aliphatic rings. The monoisotopic (exact) mass is 127 g/mol. The van der Waals surface area contributed by atoms with Gasteiger partial charge in [0.2, 0.25) is 5.88 Å². The van der Waals surface area contributed by atoms with Gasteiger partial charge in [-0.1, -0.05) is 5.16 Å². The Labute approximate surface area is 53.4 Å². The summed E-state index contributed by atoms with van der Waals surface area (Å²) in [7, 11) is 0. The zero-order chi connectivity index (χ0) is 6.69. The van der Waals surface area contributed by atoms with E-state index in [0.717, 1.165) is 5.84 Å². The van der Waals surface area contributed by atoms with Crippen LogP contribution in [0.2, 0.25) is 0 Å². The van der Waals surface area contributed by atoms with Crippen LogP contribution in [0.25, 0.3) is 0 Å². The summed E-state index contributed by atoms with van der Waals surface area (Å²) >= 11 is 0. The van der Waals surface area contributed by atoms with Crippen LogP contribution in [0.3, 0.4) is 0 Å². The first-order valence-corrected chi connectivity index (χ1v) is 2.73. The molecule has 50 valence electrons. The Morgan fingerprint density at radius 3 is 3.00 bits per heavy atom. The average Bonchev–Trinajstić information content (AvgIpc) is 2.17. The molecule has 9 heavy (non-hydrogen) atoms. The van der Waals surface area contributed by atoms with Crippen molar-refractivity contribution >= 4 is 5.84 Å². The Bertz CT molecular complexity index is 152. The standard InChI is InChI=1S/C5H9N3O/c1-4-7-5(2-3-6)8-9-4/h1-3,6H2,(H,7,8). The molecule has 0 saturated carbocycles. The summed E-state index contributed by atoms with van der Waals surface area (Å²) in [5.74, 6) is 1.22. The first-order chi connectivity index (χ1) is 4.33. The third-order valence-electron chi connectivity index (χ3n) is 0.931. The normalized spacial score (nSPS) is 16.6. The van der Waals surface area contributed by atoms with Crippen molar-refractivity contribution in [3.05, 3.63) is 12.5 Å². The second kappa shape index (κ2) is 2.50. The number of nitrogens with one attached hydrogen (secondary N) is 1. The lowest BCUT2D eigenvalue weighted by Crippen LogP contribution is -2.19. The van der Waals surface area contributed by atoms with Gasteiger partial charge in [-0.05, 0) is 13.1 Å². The van der Waals surface area contributed by atoms with Gasteiger partial charge in [0, 0.05) is 6.42 Å². The summed E-state index contributed by atoms with van der Waals surface area (Å²) in [5.41, 5.74) is 5.25. The Morgan fingerprint density at radius 1 is 1.78 bits per heavy atom. The van der Waals surface area contributed by atoms with Crippen molar-refractivity contribution < 1.29 is 4.84 Å². The molecule has 1 rings (SSSR count). The van der Waals surface area contributed by atoms with Gasteiger partial charge in [-0.3, -0.25) is 0 Å². The van der Waals surface area contributed by atoms with Crippen molar-refractivity contribution in [1.82, 2.24) is 5.32 Å². The van der Waals surface area contributed by atoms with Gasteiger partial charge in [0.1, 0.15) is 0 Å². The molecule has 3 N–H and O–H groups in total. The largest absolute Gasteiger partial charge is 0.337 e. The maximum Gasteiger partial charge on any atom is 0.221 e. The van der Waals surface area contributed by atoms with Crippen LogP contribution in [0.5, 0.6) is 0 Å². The van der Waals surface area contributed by atoms with Crippen molar-refractivity contribution in [3.8, 4) is 0 Å². The predicted octanol–water partition coefficient (Wildman–Crippen LogP) is -0.260. The van der Waals surface area contributed by atoms with Crippen LogP contribution in [0, 0.1) is 0 Å². The Kier molecular flexibility index (Phi) is 1.69. The van der Waals surface area contributed by atoms with Crippen LogP contribution in [-0.2, 0) is 4.84 Å². The summed E-state index contributed by atoms with van der Waals surface area (Å²) in [4.78, 5) is 4.64. The quantitative estimate of drug-likeness (QED) is 0.537. The molecule has 0 saturated heterocycles. The molecule has 1 heterocycles. The molecular formula is C5H9N3O. The summed E-state index contributed by atoms with van der Waals surface area (Å²) in [6, 6.07) is 0. The third kappa shape index (κ3) is 1.43. The van der Waals surface area contributed by atoms with Gasteiger partial charge in [0.25, 0.3) is 0 Å². The minimum atomic E-state index is 0.471. The molecular weight excluding hydrogens is 118 g/mol. The van der Waals surface area contributed by atoms with Crippen LogP contribution >= 0.6 is 0 Å². The zero-order valence-electron chi connectivity index (χ0n) is 5.05. The van der Waals surface area contributed by atoms with Crippen molar-refractivity contribution in [2.75, 3.05) is 6.54 Å². The number of nitrogens with zero attached hydrogens (tertiary/aromatic N) is 1. The van der Waals surface area contributed by atoms with E-state index in [0.29, 0.717) is 18.8 Å². The summed E-state index contributed by atoms with van der Waals surface area (Å²) < 4.78 is 0. The lowest BCUT2D eigenvalue weighted by molar-refractivity contribution is 0.240. The lowest BCUT2D eigenvalue weighted by Gasteiger charge is -1.93. The number of rotatable bonds is 2. The Hall–Kier alpha value is -1.03. The highest BCUT2D eigenvalue weighted by atomic mass is 16.7. The van der Waals surface area contributed by atoms with Gasteiger partial charge in [0.05, 0.1) is 0 Å². The summed E-state index contributed by atoms with van der Waals surface area (Å²) in [6.07, 6.45) is 0.707. The molecule has 0 fully saturated rings. The first-order valence-electron chi connectivity index (χ1n) is 2.73. The van der Waals surface area contributed by atoms with E-state index in [1.807, 2.05) is 0 Å². The highest BCUT2D eigenvalue weighted by Crippen LogP contribution is 1.99. The predicted molar refractivity (Wildman–Crippen MR) is 34.5 cm³/mol. The SMILES string of the molecule is C=C1NC(CCN)=NO1. The fraction of sp³-hybridized carbons (Fsp3) is 0.400. The molecule has 4 nitrogen and oxygen atoms in total. The van der Waals surface area contributed by atoms with E-state index in [-0.39, 0.29) is 0 Å². The molecule has 0 amide bonds. The van der Waals surface area contributed by atoms with Gasteiger partial charge in [-0.15, -0.1) is 0 Å². The smallest absolute Gasteiger partial charge is 0.221 e. The number of amidine groups is 1. The molecule has 0 radical (unpaired) electrons. The summed E-state index contributed by atoms with van der Waals surface area (Å²) in [5, 5.41) is 6.44. The van der Waals surface area contributed by atoms with E-state index >= 15 is 0 Å². The number of hydrogen-bond donors (Lipinski definition) is 2. The topological polar surface area (TPSA) is 59.6 Å². The van der Waals surface area contributed by atoms with Crippen LogP contribution in [0.4, 0.5) is 0 Å². The lowest BCUT2D eigenvalue weighted by atomic mass is 10.4. The Balaban J connectivity index is 2.36. The van der Waals surface area contributed by atoms with Gasteiger partial charge in [-0.2, -0.15) is 0 Å². The second-order valence-corrected chi connectivity index (χ2v) is 1.72. The number of oxime groups is 1. The number of hydrogen-bond acceptors (Lipinski definition) is 4. The maximum absolute atomic E-state index is 5.25.